The molecule has 0 aromatic heterocycles. The van der Waals surface area contributed by atoms with Crippen LogP contribution in [-0.4, -0.2) is 23.9 Å². The van der Waals surface area contributed by atoms with Crippen molar-refractivity contribution in [1.82, 2.24) is 0 Å². The Morgan fingerprint density at radius 3 is 2.22 bits per heavy atom. The van der Waals surface area contributed by atoms with E-state index in [1.165, 1.54) is 0 Å². The van der Waals surface area contributed by atoms with Crippen LogP contribution in [0.25, 0.3) is 0 Å². The molecule has 0 bridgehead atoms. The molecule has 1 fully saturated rings. The lowest BCUT2D eigenvalue weighted by Crippen LogP contribution is -2.39. The van der Waals surface area contributed by atoms with Gasteiger partial charge in [-0.1, -0.05) is 50.1 Å². The van der Waals surface area contributed by atoms with E-state index >= 15 is 0 Å². The highest BCUT2D eigenvalue weighted by atomic mass is 79.9. The van der Waals surface area contributed by atoms with Gasteiger partial charge in [-0.2, -0.15) is 0 Å². The quantitative estimate of drug-likeness (QED) is 0.567. The molecule has 7 heteroatoms. The molecule has 0 saturated carbocycles. The standard InChI is InChI=1S/C11H13Br2O4P/c12-6-11(7-13)8-15-18(14,16-9-11)17-10-4-2-1-3-5-10/h1-5H,6-9H2. The van der Waals surface area contributed by atoms with Crippen molar-refractivity contribution < 1.29 is 18.1 Å². The van der Waals surface area contributed by atoms with Gasteiger partial charge < -0.3 is 4.52 Å². The lowest BCUT2D eigenvalue weighted by atomic mass is 9.96. The zero-order valence-corrected chi connectivity index (χ0v) is 13.6. The largest absolute Gasteiger partial charge is 0.530 e. The van der Waals surface area contributed by atoms with Crippen molar-refractivity contribution >= 4 is 39.7 Å². The van der Waals surface area contributed by atoms with Crippen LogP contribution < -0.4 is 4.52 Å². The third kappa shape index (κ3) is 3.36. The molecule has 2 rings (SSSR count). The molecule has 1 saturated heterocycles. The Labute approximate surface area is 123 Å². The van der Waals surface area contributed by atoms with Crippen LogP contribution in [-0.2, 0) is 13.6 Å². The summed E-state index contributed by atoms with van der Waals surface area (Å²) in [6, 6.07) is 8.87. The number of benzene rings is 1. The average Bonchev–Trinajstić information content (AvgIpc) is 2.41. The van der Waals surface area contributed by atoms with Gasteiger partial charge in [-0.05, 0) is 12.1 Å². The maximum absolute atomic E-state index is 12.2. The molecule has 0 aliphatic carbocycles. The van der Waals surface area contributed by atoms with Crippen molar-refractivity contribution in [3.63, 3.8) is 0 Å². The SMILES string of the molecule is O=P1(Oc2ccccc2)OCC(CBr)(CBr)CO1. The van der Waals surface area contributed by atoms with Crippen LogP contribution in [0.5, 0.6) is 5.75 Å². The average molecular weight is 400 g/mol. The van der Waals surface area contributed by atoms with E-state index in [-0.39, 0.29) is 5.41 Å². The second-order valence-corrected chi connectivity index (χ2v) is 6.88. The van der Waals surface area contributed by atoms with Crippen molar-refractivity contribution in [3.8, 4) is 5.75 Å². The number of rotatable bonds is 4. The first-order valence-corrected chi connectivity index (χ1v) is 9.07. The fraction of sp³-hybridized carbons (Fsp3) is 0.455. The highest BCUT2D eigenvalue weighted by molar-refractivity contribution is 9.09. The summed E-state index contributed by atoms with van der Waals surface area (Å²) in [5.74, 6) is 0.478. The van der Waals surface area contributed by atoms with E-state index in [1.807, 2.05) is 6.07 Å². The predicted molar refractivity (Wildman–Crippen MR) is 76.6 cm³/mol. The second-order valence-electron chi connectivity index (χ2n) is 4.17. The molecule has 1 aromatic carbocycles. The number of halogens is 2. The smallest absolute Gasteiger partial charge is 0.404 e. The van der Waals surface area contributed by atoms with Gasteiger partial charge in [0.25, 0.3) is 0 Å². The lowest BCUT2D eigenvalue weighted by Gasteiger charge is -2.36. The number of phosphoric ester groups is 1. The lowest BCUT2D eigenvalue weighted by molar-refractivity contribution is 0.0248. The predicted octanol–water partition coefficient (Wildman–Crippen LogP) is 4.00. The molecule has 1 aliphatic rings. The van der Waals surface area contributed by atoms with Crippen molar-refractivity contribution in [2.45, 2.75) is 0 Å². The van der Waals surface area contributed by atoms with Gasteiger partial charge in [-0.3, -0.25) is 9.05 Å². The third-order valence-electron chi connectivity index (χ3n) is 2.59. The van der Waals surface area contributed by atoms with Crippen LogP contribution in [0.15, 0.2) is 30.3 Å². The number of phosphoric acid groups is 1. The van der Waals surface area contributed by atoms with Gasteiger partial charge in [0.05, 0.1) is 13.2 Å². The number of para-hydroxylation sites is 1. The van der Waals surface area contributed by atoms with Gasteiger partial charge in [0, 0.05) is 16.1 Å². The molecule has 1 aliphatic heterocycles. The van der Waals surface area contributed by atoms with Crippen molar-refractivity contribution in [3.05, 3.63) is 30.3 Å². The molecule has 18 heavy (non-hydrogen) atoms. The maximum atomic E-state index is 12.2. The zero-order chi connectivity index (χ0) is 13.1. The third-order valence-corrected chi connectivity index (χ3v) is 6.29. The highest BCUT2D eigenvalue weighted by Gasteiger charge is 2.43. The molecule has 0 N–H and O–H groups in total. The molecular weight excluding hydrogens is 387 g/mol. The van der Waals surface area contributed by atoms with Crippen LogP contribution in [0.1, 0.15) is 0 Å². The first kappa shape index (κ1) is 14.5. The minimum Gasteiger partial charge on any atom is -0.404 e. The summed E-state index contributed by atoms with van der Waals surface area (Å²) in [4.78, 5) is 0. The molecule has 0 spiro atoms. The Morgan fingerprint density at radius 2 is 1.72 bits per heavy atom. The van der Waals surface area contributed by atoms with Crippen LogP contribution in [0.4, 0.5) is 0 Å². The van der Waals surface area contributed by atoms with Crippen molar-refractivity contribution in [1.29, 1.82) is 0 Å². The molecule has 0 atom stereocenters. The van der Waals surface area contributed by atoms with Crippen LogP contribution in [0.2, 0.25) is 0 Å². The monoisotopic (exact) mass is 398 g/mol. The molecule has 4 nitrogen and oxygen atoms in total. The normalized spacial score (nSPS) is 21.4. The van der Waals surface area contributed by atoms with E-state index in [9.17, 15) is 4.57 Å². The minimum atomic E-state index is -3.48. The Balaban J connectivity index is 2.02. The summed E-state index contributed by atoms with van der Waals surface area (Å²) in [7, 11) is -3.48. The summed E-state index contributed by atoms with van der Waals surface area (Å²) in [5, 5.41) is 1.41. The van der Waals surface area contributed by atoms with Gasteiger partial charge in [-0.25, -0.2) is 4.57 Å². The second kappa shape index (κ2) is 6.06. The van der Waals surface area contributed by atoms with E-state index in [0.717, 1.165) is 0 Å². The molecule has 100 valence electrons. The molecule has 1 aromatic rings. The van der Waals surface area contributed by atoms with Gasteiger partial charge in [0.15, 0.2) is 0 Å². The van der Waals surface area contributed by atoms with E-state index in [4.69, 9.17) is 13.6 Å². The number of hydrogen-bond acceptors (Lipinski definition) is 4. The first-order valence-electron chi connectivity index (χ1n) is 5.37. The Bertz CT molecular complexity index is 422. The molecule has 1 heterocycles. The molecule has 0 amide bonds. The number of hydrogen-bond donors (Lipinski definition) is 0. The fourth-order valence-corrected chi connectivity index (χ4v) is 4.36. The minimum absolute atomic E-state index is 0.200. The maximum Gasteiger partial charge on any atom is 0.530 e. The van der Waals surface area contributed by atoms with Crippen LogP contribution in [0, 0.1) is 5.41 Å². The van der Waals surface area contributed by atoms with Gasteiger partial charge in [-0.15, -0.1) is 0 Å². The van der Waals surface area contributed by atoms with Crippen molar-refractivity contribution in [2.75, 3.05) is 23.9 Å². The van der Waals surface area contributed by atoms with Gasteiger partial charge in [0.2, 0.25) is 0 Å². The van der Waals surface area contributed by atoms with E-state index in [1.54, 1.807) is 24.3 Å². The summed E-state index contributed by atoms with van der Waals surface area (Å²) >= 11 is 6.82. The van der Waals surface area contributed by atoms with Crippen LogP contribution >= 0.6 is 39.7 Å². The highest BCUT2D eigenvalue weighted by Crippen LogP contribution is 2.54. The molecule has 0 unspecified atom stereocenters. The van der Waals surface area contributed by atoms with Gasteiger partial charge in [0.1, 0.15) is 5.75 Å². The van der Waals surface area contributed by atoms with Crippen molar-refractivity contribution in [2.24, 2.45) is 5.41 Å². The summed E-state index contributed by atoms with van der Waals surface area (Å²) < 4.78 is 28.2. The first-order chi connectivity index (χ1) is 8.61. The molecular formula is C11H13Br2O4P. The van der Waals surface area contributed by atoms with Crippen LogP contribution in [0.3, 0.4) is 0 Å². The topological polar surface area (TPSA) is 44.8 Å². The molecule has 0 radical (unpaired) electrons. The summed E-state index contributed by atoms with van der Waals surface area (Å²) in [6.45, 7) is 0.654. The van der Waals surface area contributed by atoms with E-state index in [2.05, 4.69) is 31.9 Å². The number of alkyl halides is 2. The summed E-state index contributed by atoms with van der Waals surface area (Å²) in [6.07, 6.45) is 0. The Morgan fingerprint density at radius 1 is 1.17 bits per heavy atom. The van der Waals surface area contributed by atoms with E-state index < -0.39 is 7.82 Å². The fourth-order valence-electron chi connectivity index (χ4n) is 1.36. The summed E-state index contributed by atoms with van der Waals surface area (Å²) in [5.41, 5.74) is -0.200. The Kier molecular flexibility index (Phi) is 4.89. The van der Waals surface area contributed by atoms with Gasteiger partial charge >= 0.3 is 7.82 Å². The Hall–Kier alpha value is 0.130. The zero-order valence-electron chi connectivity index (χ0n) is 9.55. The van der Waals surface area contributed by atoms with E-state index in [0.29, 0.717) is 29.6 Å².